The minimum absolute atomic E-state index is 0.153. The topological polar surface area (TPSA) is 72.5 Å². The summed E-state index contributed by atoms with van der Waals surface area (Å²) in [6, 6.07) is 15.3. The number of hydrogen-bond donors (Lipinski definition) is 1. The van der Waals surface area contributed by atoms with Crippen LogP contribution >= 0.6 is 0 Å². The van der Waals surface area contributed by atoms with Crippen LogP contribution in [0.25, 0.3) is 0 Å². The molecule has 0 aromatic heterocycles. The van der Waals surface area contributed by atoms with E-state index in [-0.39, 0.29) is 10.9 Å². The first kappa shape index (κ1) is 16.5. The number of ether oxygens (including phenoxy) is 1. The molecule has 6 heteroatoms. The number of nitrogens with one attached hydrogen (secondary N) is 1. The van der Waals surface area contributed by atoms with Crippen molar-refractivity contribution < 1.29 is 17.9 Å². The number of fused-ring (bicyclic) bond motifs is 1. The molecule has 3 rings (SSSR count). The van der Waals surface area contributed by atoms with E-state index in [0.29, 0.717) is 13.0 Å². The van der Waals surface area contributed by atoms with E-state index < -0.39 is 21.0 Å². The Labute approximate surface area is 141 Å². The van der Waals surface area contributed by atoms with Crippen molar-refractivity contribution in [2.24, 2.45) is 0 Å². The molecule has 5 nitrogen and oxygen atoms in total. The van der Waals surface area contributed by atoms with Gasteiger partial charge in [0.05, 0.1) is 17.5 Å². The molecule has 1 aliphatic rings. The molecule has 0 saturated heterocycles. The van der Waals surface area contributed by atoms with Crippen molar-refractivity contribution in [3.8, 4) is 5.75 Å². The van der Waals surface area contributed by atoms with E-state index in [0.717, 1.165) is 11.3 Å². The fraction of sp³-hybridized carbons (Fsp3) is 0.278. The third-order valence-electron chi connectivity index (χ3n) is 4.18. The van der Waals surface area contributed by atoms with Gasteiger partial charge >= 0.3 is 0 Å². The van der Waals surface area contributed by atoms with Crippen LogP contribution in [-0.4, -0.2) is 26.2 Å². The van der Waals surface area contributed by atoms with Gasteiger partial charge in [-0.15, -0.1) is 0 Å². The van der Waals surface area contributed by atoms with Gasteiger partial charge in [-0.25, -0.2) is 8.42 Å². The number of rotatable bonds is 4. The minimum Gasteiger partial charge on any atom is -0.493 e. The number of carbonyl (C=O) groups is 1. The smallest absolute Gasteiger partial charge is 0.238 e. The highest BCUT2D eigenvalue weighted by Gasteiger charge is 2.32. The quantitative estimate of drug-likeness (QED) is 0.924. The van der Waals surface area contributed by atoms with Gasteiger partial charge in [0, 0.05) is 12.0 Å². The summed E-state index contributed by atoms with van der Waals surface area (Å²) in [6.45, 7) is 1.91. The summed E-state index contributed by atoms with van der Waals surface area (Å²) in [5.74, 6) is 0.230. The standard InChI is InChI=1S/C18H19NO4S/c1-13(24(21,22)14-7-3-2-4-8-14)18(20)19-16-11-12-23-17-10-6-5-9-15(16)17/h2-10,13,16H,11-12H2,1H3,(H,19,20)/t13-,16+/m0/s1. The van der Waals surface area contributed by atoms with Crippen LogP contribution < -0.4 is 10.1 Å². The summed E-state index contributed by atoms with van der Waals surface area (Å²) in [4.78, 5) is 12.7. The van der Waals surface area contributed by atoms with Crippen LogP contribution in [0, 0.1) is 0 Å². The fourth-order valence-electron chi connectivity index (χ4n) is 2.74. The molecule has 0 fully saturated rings. The van der Waals surface area contributed by atoms with E-state index in [1.165, 1.54) is 19.1 Å². The minimum atomic E-state index is -3.71. The van der Waals surface area contributed by atoms with Gasteiger partial charge in [-0.1, -0.05) is 36.4 Å². The molecule has 2 aromatic rings. The molecular formula is C18H19NO4S. The summed E-state index contributed by atoms with van der Waals surface area (Å²) in [6.07, 6.45) is 0.612. The molecular weight excluding hydrogens is 326 g/mol. The maximum Gasteiger partial charge on any atom is 0.238 e. The second-order valence-electron chi connectivity index (χ2n) is 5.74. The normalized spacial score (nSPS) is 18.1. The van der Waals surface area contributed by atoms with Crippen molar-refractivity contribution in [3.05, 3.63) is 60.2 Å². The van der Waals surface area contributed by atoms with E-state index in [9.17, 15) is 13.2 Å². The van der Waals surface area contributed by atoms with E-state index in [4.69, 9.17) is 4.74 Å². The summed E-state index contributed by atoms with van der Waals surface area (Å²) >= 11 is 0. The largest absolute Gasteiger partial charge is 0.493 e. The van der Waals surface area contributed by atoms with Crippen molar-refractivity contribution in [3.63, 3.8) is 0 Å². The van der Waals surface area contributed by atoms with Crippen molar-refractivity contribution >= 4 is 15.7 Å². The predicted molar refractivity (Wildman–Crippen MR) is 90.5 cm³/mol. The molecule has 2 aromatic carbocycles. The van der Waals surface area contributed by atoms with Crippen LogP contribution in [0.3, 0.4) is 0 Å². The molecule has 126 valence electrons. The third-order valence-corrected chi connectivity index (χ3v) is 6.26. The number of benzene rings is 2. The lowest BCUT2D eigenvalue weighted by molar-refractivity contribution is -0.121. The molecule has 0 aliphatic carbocycles. The highest BCUT2D eigenvalue weighted by atomic mass is 32.2. The first-order valence-corrected chi connectivity index (χ1v) is 9.36. The summed E-state index contributed by atoms with van der Waals surface area (Å²) < 4.78 is 30.7. The van der Waals surface area contributed by atoms with Crippen molar-refractivity contribution in [2.75, 3.05) is 6.61 Å². The molecule has 0 spiro atoms. The number of sulfone groups is 1. The highest BCUT2D eigenvalue weighted by Crippen LogP contribution is 2.31. The van der Waals surface area contributed by atoms with Crippen LogP contribution in [0.15, 0.2) is 59.5 Å². The van der Waals surface area contributed by atoms with E-state index in [1.54, 1.807) is 18.2 Å². The maximum atomic E-state index is 12.6. The van der Waals surface area contributed by atoms with Crippen LogP contribution in [0.1, 0.15) is 24.9 Å². The van der Waals surface area contributed by atoms with Gasteiger partial charge in [0.15, 0.2) is 9.84 Å². The fourth-order valence-corrected chi connectivity index (χ4v) is 4.03. The van der Waals surface area contributed by atoms with Crippen LogP contribution in [-0.2, 0) is 14.6 Å². The Balaban J connectivity index is 1.79. The van der Waals surface area contributed by atoms with Gasteiger partial charge in [0.1, 0.15) is 11.0 Å². The molecule has 0 radical (unpaired) electrons. The first-order valence-electron chi connectivity index (χ1n) is 7.81. The van der Waals surface area contributed by atoms with Crippen LogP contribution in [0.2, 0.25) is 0 Å². The Kier molecular flexibility index (Phi) is 4.57. The SMILES string of the molecule is C[C@@H](C(=O)N[C@@H]1CCOc2ccccc21)S(=O)(=O)c1ccccc1. The lowest BCUT2D eigenvalue weighted by Crippen LogP contribution is -2.41. The van der Waals surface area contributed by atoms with Crippen molar-refractivity contribution in [2.45, 2.75) is 29.5 Å². The second kappa shape index (κ2) is 6.65. The number of carbonyl (C=O) groups excluding carboxylic acids is 1. The molecule has 1 heterocycles. The van der Waals surface area contributed by atoms with Gasteiger partial charge in [-0.05, 0) is 25.1 Å². The highest BCUT2D eigenvalue weighted by molar-refractivity contribution is 7.92. The molecule has 0 unspecified atom stereocenters. The Morgan fingerprint density at radius 1 is 1.12 bits per heavy atom. The van der Waals surface area contributed by atoms with Gasteiger partial charge in [-0.2, -0.15) is 0 Å². The maximum absolute atomic E-state index is 12.6. The lowest BCUT2D eigenvalue weighted by Gasteiger charge is -2.27. The van der Waals surface area contributed by atoms with Crippen molar-refractivity contribution in [1.82, 2.24) is 5.32 Å². The number of hydrogen-bond acceptors (Lipinski definition) is 4. The van der Waals surface area contributed by atoms with E-state index in [2.05, 4.69) is 5.32 Å². The Hall–Kier alpha value is -2.34. The molecule has 0 bridgehead atoms. The molecule has 1 N–H and O–H groups in total. The first-order chi connectivity index (χ1) is 11.5. The number of para-hydroxylation sites is 1. The molecule has 1 aliphatic heterocycles. The second-order valence-corrected chi connectivity index (χ2v) is 8.00. The monoisotopic (exact) mass is 345 g/mol. The van der Waals surface area contributed by atoms with E-state index >= 15 is 0 Å². The molecule has 0 saturated carbocycles. The Morgan fingerprint density at radius 2 is 1.79 bits per heavy atom. The van der Waals surface area contributed by atoms with E-state index in [1.807, 2.05) is 24.3 Å². The van der Waals surface area contributed by atoms with Gasteiger partial charge in [0.2, 0.25) is 5.91 Å². The van der Waals surface area contributed by atoms with Crippen LogP contribution in [0.4, 0.5) is 0 Å². The van der Waals surface area contributed by atoms with Crippen LogP contribution in [0.5, 0.6) is 5.75 Å². The zero-order valence-electron chi connectivity index (χ0n) is 13.3. The summed E-state index contributed by atoms with van der Waals surface area (Å²) in [5.41, 5.74) is 0.876. The van der Waals surface area contributed by atoms with Gasteiger partial charge < -0.3 is 10.1 Å². The van der Waals surface area contributed by atoms with Gasteiger partial charge in [0.25, 0.3) is 0 Å². The molecule has 1 amide bonds. The third kappa shape index (κ3) is 3.14. The van der Waals surface area contributed by atoms with Crippen molar-refractivity contribution in [1.29, 1.82) is 0 Å². The average Bonchev–Trinajstić information content (AvgIpc) is 2.62. The lowest BCUT2D eigenvalue weighted by atomic mass is 10.0. The van der Waals surface area contributed by atoms with Gasteiger partial charge in [-0.3, -0.25) is 4.79 Å². The average molecular weight is 345 g/mol. The summed E-state index contributed by atoms with van der Waals surface area (Å²) in [5, 5.41) is 1.70. The number of amides is 1. The zero-order chi connectivity index (χ0) is 17.2. The summed E-state index contributed by atoms with van der Waals surface area (Å²) in [7, 11) is -3.71. The Bertz CT molecular complexity index is 833. The predicted octanol–water partition coefficient (Wildman–Crippen LogP) is 2.49. The zero-order valence-corrected chi connectivity index (χ0v) is 14.1. The molecule has 2 atom stereocenters. The molecule has 24 heavy (non-hydrogen) atoms. The Morgan fingerprint density at radius 3 is 2.54 bits per heavy atom.